The summed E-state index contributed by atoms with van der Waals surface area (Å²) < 4.78 is 11.2. The Labute approximate surface area is 164 Å². The van der Waals surface area contributed by atoms with Crippen molar-refractivity contribution in [3.05, 3.63) is 59.4 Å². The van der Waals surface area contributed by atoms with Crippen LogP contribution in [-0.2, 0) is 19.4 Å². The first kappa shape index (κ1) is 18.8. The van der Waals surface area contributed by atoms with Gasteiger partial charge in [-0.15, -0.1) is 10.2 Å². The summed E-state index contributed by atoms with van der Waals surface area (Å²) in [5, 5.41) is 12.4. The fraction of sp³-hybridized carbons (Fsp3) is 0.500. The van der Waals surface area contributed by atoms with Crippen molar-refractivity contribution in [3.63, 3.8) is 0 Å². The molecular weight excluding hydrogens is 356 g/mol. The van der Waals surface area contributed by atoms with Crippen LogP contribution in [0, 0.1) is 0 Å². The molecule has 28 heavy (non-hydrogen) atoms. The number of hydrogen-bond donors (Lipinski definition) is 0. The average molecular weight is 382 g/mol. The van der Waals surface area contributed by atoms with Crippen molar-refractivity contribution in [2.45, 2.75) is 39.3 Å². The van der Waals surface area contributed by atoms with E-state index in [9.17, 15) is 0 Å². The molecule has 3 heterocycles. The van der Waals surface area contributed by atoms with Gasteiger partial charge in [0.25, 0.3) is 0 Å². The number of rotatable bonds is 7. The largest absolute Gasteiger partial charge is 0.424 e. The first-order valence-corrected chi connectivity index (χ1v) is 9.85. The predicted molar refractivity (Wildman–Crippen MR) is 102 cm³/mol. The molecule has 0 saturated carbocycles. The van der Waals surface area contributed by atoms with Gasteiger partial charge in [0.1, 0.15) is 0 Å². The Balaban J connectivity index is 1.27. The molecule has 1 aromatic carbocycles. The van der Waals surface area contributed by atoms with E-state index in [1.54, 1.807) is 0 Å². The second-order valence-corrected chi connectivity index (χ2v) is 7.14. The summed E-state index contributed by atoms with van der Waals surface area (Å²) in [6, 6.07) is 10.3. The Morgan fingerprint density at radius 3 is 2.50 bits per heavy atom. The van der Waals surface area contributed by atoms with Gasteiger partial charge in [-0.1, -0.05) is 42.4 Å². The summed E-state index contributed by atoms with van der Waals surface area (Å²) >= 11 is 0. The van der Waals surface area contributed by atoms with Crippen molar-refractivity contribution in [3.8, 4) is 0 Å². The van der Waals surface area contributed by atoms with Gasteiger partial charge in [-0.05, 0) is 12.5 Å². The van der Waals surface area contributed by atoms with Crippen LogP contribution in [0.15, 0.2) is 39.3 Å². The molecule has 148 valence electrons. The smallest absolute Gasteiger partial charge is 0.243 e. The summed E-state index contributed by atoms with van der Waals surface area (Å²) in [6.45, 7) is 8.60. The summed E-state index contributed by atoms with van der Waals surface area (Å²) in [5.74, 6) is 2.81. The highest BCUT2D eigenvalue weighted by Gasteiger charge is 2.26. The van der Waals surface area contributed by atoms with Gasteiger partial charge in [0.15, 0.2) is 5.82 Å². The van der Waals surface area contributed by atoms with Gasteiger partial charge >= 0.3 is 0 Å². The molecule has 0 radical (unpaired) electrons. The van der Waals surface area contributed by atoms with Crippen LogP contribution in [0.5, 0.6) is 0 Å². The molecule has 0 N–H and O–H groups in total. The van der Waals surface area contributed by atoms with E-state index in [0.29, 0.717) is 30.6 Å². The number of benzene rings is 1. The lowest BCUT2D eigenvalue weighted by Crippen LogP contribution is -2.46. The lowest BCUT2D eigenvalue weighted by atomic mass is 10.2. The zero-order chi connectivity index (χ0) is 19.3. The normalized spacial score (nSPS) is 17.1. The highest BCUT2D eigenvalue weighted by atomic mass is 16.5. The Bertz CT molecular complexity index is 870. The van der Waals surface area contributed by atoms with E-state index in [1.165, 1.54) is 5.56 Å². The maximum atomic E-state index is 5.84. The van der Waals surface area contributed by atoms with Gasteiger partial charge in [-0.2, -0.15) is 4.98 Å². The average Bonchev–Trinajstić information content (AvgIpc) is 3.38. The van der Waals surface area contributed by atoms with Gasteiger partial charge in [-0.3, -0.25) is 9.80 Å². The number of nitrogens with zero attached hydrogens (tertiary/aromatic N) is 6. The van der Waals surface area contributed by atoms with Gasteiger partial charge in [0.05, 0.1) is 19.0 Å². The van der Waals surface area contributed by atoms with Gasteiger partial charge < -0.3 is 8.94 Å². The molecule has 0 spiro atoms. The van der Waals surface area contributed by atoms with E-state index in [-0.39, 0.29) is 6.04 Å². The Morgan fingerprint density at radius 2 is 1.79 bits per heavy atom. The summed E-state index contributed by atoms with van der Waals surface area (Å²) in [4.78, 5) is 9.18. The number of aromatic nitrogens is 4. The number of piperazine rings is 1. The molecule has 0 amide bonds. The van der Waals surface area contributed by atoms with Crippen molar-refractivity contribution < 1.29 is 8.94 Å². The third kappa shape index (κ3) is 4.45. The minimum Gasteiger partial charge on any atom is -0.424 e. The molecule has 2 aromatic heterocycles. The Hall–Kier alpha value is -2.58. The standard InChI is InChI=1S/C20H26N6O2/c1-3-17-21-20(28-24-17)15(2)26-11-9-25(10-12-26)14-19-23-22-18(27-19)13-16-7-5-4-6-8-16/h4-8,15H,3,9-14H2,1-2H3. The van der Waals surface area contributed by atoms with E-state index >= 15 is 0 Å². The fourth-order valence-electron chi connectivity index (χ4n) is 3.43. The van der Waals surface area contributed by atoms with Crippen molar-refractivity contribution in [1.82, 2.24) is 30.1 Å². The first-order valence-electron chi connectivity index (χ1n) is 9.85. The van der Waals surface area contributed by atoms with Crippen molar-refractivity contribution in [2.75, 3.05) is 26.2 Å². The molecule has 0 bridgehead atoms. The van der Waals surface area contributed by atoms with E-state index in [1.807, 2.05) is 25.1 Å². The zero-order valence-corrected chi connectivity index (χ0v) is 16.4. The van der Waals surface area contributed by atoms with E-state index < -0.39 is 0 Å². The molecule has 1 saturated heterocycles. The molecule has 0 aliphatic carbocycles. The molecule has 1 fully saturated rings. The van der Waals surface area contributed by atoms with Gasteiger partial charge in [0, 0.05) is 32.6 Å². The van der Waals surface area contributed by atoms with E-state index in [0.717, 1.165) is 38.4 Å². The summed E-state index contributed by atoms with van der Waals surface area (Å²) in [5.41, 5.74) is 1.17. The highest BCUT2D eigenvalue weighted by Crippen LogP contribution is 2.21. The monoisotopic (exact) mass is 382 g/mol. The van der Waals surface area contributed by atoms with E-state index in [2.05, 4.69) is 49.2 Å². The third-order valence-electron chi connectivity index (χ3n) is 5.18. The SMILES string of the molecule is CCc1noc(C(C)N2CCN(Cc3nnc(Cc4ccccc4)o3)CC2)n1. The molecule has 8 nitrogen and oxygen atoms in total. The van der Waals surface area contributed by atoms with Crippen molar-refractivity contribution in [1.29, 1.82) is 0 Å². The van der Waals surface area contributed by atoms with Crippen LogP contribution in [0.4, 0.5) is 0 Å². The molecule has 1 atom stereocenters. The molecular formula is C20H26N6O2. The maximum Gasteiger partial charge on any atom is 0.243 e. The molecule has 3 aromatic rings. The predicted octanol–water partition coefficient (Wildman–Crippen LogP) is 2.48. The molecule has 1 aliphatic rings. The Morgan fingerprint density at radius 1 is 1.04 bits per heavy atom. The molecule has 4 rings (SSSR count). The summed E-state index contributed by atoms with van der Waals surface area (Å²) in [7, 11) is 0. The Kier molecular flexibility index (Phi) is 5.78. The van der Waals surface area contributed by atoms with Crippen molar-refractivity contribution >= 4 is 0 Å². The lowest BCUT2D eigenvalue weighted by molar-refractivity contribution is 0.0796. The first-order chi connectivity index (χ1) is 13.7. The second-order valence-electron chi connectivity index (χ2n) is 7.14. The van der Waals surface area contributed by atoms with Crippen LogP contribution in [0.25, 0.3) is 0 Å². The van der Waals surface area contributed by atoms with Crippen LogP contribution >= 0.6 is 0 Å². The zero-order valence-electron chi connectivity index (χ0n) is 16.4. The quantitative estimate of drug-likeness (QED) is 0.616. The third-order valence-corrected chi connectivity index (χ3v) is 5.18. The van der Waals surface area contributed by atoms with Crippen LogP contribution in [0.1, 0.15) is 48.9 Å². The van der Waals surface area contributed by atoms with Crippen LogP contribution in [0.3, 0.4) is 0 Å². The molecule has 1 aliphatic heterocycles. The maximum absolute atomic E-state index is 5.84. The second kappa shape index (κ2) is 8.62. The topological polar surface area (TPSA) is 84.3 Å². The van der Waals surface area contributed by atoms with Crippen LogP contribution in [-0.4, -0.2) is 56.3 Å². The number of aryl methyl sites for hydroxylation is 1. The van der Waals surface area contributed by atoms with Crippen LogP contribution < -0.4 is 0 Å². The number of hydrogen-bond acceptors (Lipinski definition) is 8. The van der Waals surface area contributed by atoms with E-state index in [4.69, 9.17) is 8.94 Å². The minimum atomic E-state index is 0.135. The fourth-order valence-corrected chi connectivity index (χ4v) is 3.43. The minimum absolute atomic E-state index is 0.135. The highest BCUT2D eigenvalue weighted by molar-refractivity contribution is 5.17. The van der Waals surface area contributed by atoms with Crippen molar-refractivity contribution in [2.24, 2.45) is 0 Å². The van der Waals surface area contributed by atoms with Crippen LogP contribution in [0.2, 0.25) is 0 Å². The summed E-state index contributed by atoms with van der Waals surface area (Å²) in [6.07, 6.45) is 1.46. The van der Waals surface area contributed by atoms with Gasteiger partial charge in [0.2, 0.25) is 17.7 Å². The molecule has 1 unspecified atom stereocenters. The molecule has 8 heteroatoms. The lowest BCUT2D eigenvalue weighted by Gasteiger charge is -2.36. The van der Waals surface area contributed by atoms with Gasteiger partial charge in [-0.25, -0.2) is 0 Å².